The molecule has 0 spiro atoms. The Hall–Kier alpha value is -3.04. The first-order valence-corrected chi connectivity index (χ1v) is 7.92. The van der Waals surface area contributed by atoms with Crippen LogP contribution in [0.4, 0.5) is 14.5 Å². The minimum atomic E-state index is -2.68. The Bertz CT molecular complexity index is 811. The highest BCUT2D eigenvalue weighted by Gasteiger charge is 2.34. The third-order valence-corrected chi connectivity index (χ3v) is 3.88. The van der Waals surface area contributed by atoms with Crippen LogP contribution in [0.1, 0.15) is 16.8 Å². The molecule has 26 heavy (non-hydrogen) atoms. The molecule has 1 unspecified atom stereocenters. The van der Waals surface area contributed by atoms with E-state index in [1.54, 1.807) is 24.1 Å². The monoisotopic (exact) mass is 365 g/mol. The molecule has 8 nitrogen and oxygen atoms in total. The number of halogens is 2. The molecule has 1 atom stereocenters. The van der Waals surface area contributed by atoms with Crippen molar-refractivity contribution in [1.82, 2.24) is 20.1 Å². The standard InChI is InChI=1S/C16H17F2N5O3/c1-22-8-10(7-20-22)23-6-4-12(16(23)25)21-14(24)11-3-2-5-19-15(11)26-9-13(17)18/h2-3,5,7-8,12-13H,4,6,9H2,1H3,(H,21,24). The Morgan fingerprint density at radius 1 is 1.50 bits per heavy atom. The van der Waals surface area contributed by atoms with E-state index in [1.807, 2.05) is 0 Å². The summed E-state index contributed by atoms with van der Waals surface area (Å²) in [5.41, 5.74) is 0.650. The normalized spacial score (nSPS) is 17.0. The molecule has 3 heterocycles. The van der Waals surface area contributed by atoms with Crippen molar-refractivity contribution in [1.29, 1.82) is 0 Å². The third kappa shape index (κ3) is 3.79. The van der Waals surface area contributed by atoms with E-state index in [-0.39, 0.29) is 17.4 Å². The molecular weight excluding hydrogens is 348 g/mol. The molecule has 3 rings (SSSR count). The lowest BCUT2D eigenvalue weighted by Crippen LogP contribution is -2.41. The van der Waals surface area contributed by atoms with Gasteiger partial charge in [0.1, 0.15) is 11.6 Å². The summed E-state index contributed by atoms with van der Waals surface area (Å²) in [5.74, 6) is -1.06. The number of hydrogen-bond donors (Lipinski definition) is 1. The maximum Gasteiger partial charge on any atom is 0.272 e. The molecule has 1 N–H and O–H groups in total. The fraction of sp³-hybridized carbons (Fsp3) is 0.375. The topological polar surface area (TPSA) is 89.4 Å². The first-order valence-electron chi connectivity index (χ1n) is 7.92. The Kier molecular flexibility index (Phi) is 5.10. The molecule has 2 aromatic rings. The van der Waals surface area contributed by atoms with E-state index >= 15 is 0 Å². The summed E-state index contributed by atoms with van der Waals surface area (Å²) < 4.78 is 31.1. The van der Waals surface area contributed by atoms with Gasteiger partial charge in [0.05, 0.1) is 11.9 Å². The zero-order valence-corrected chi connectivity index (χ0v) is 13.9. The minimum Gasteiger partial charge on any atom is -0.471 e. The molecule has 0 saturated carbocycles. The van der Waals surface area contributed by atoms with Crippen LogP contribution in [0.2, 0.25) is 0 Å². The number of alkyl halides is 2. The molecular formula is C16H17F2N5O3. The van der Waals surface area contributed by atoms with Gasteiger partial charge in [0.2, 0.25) is 11.8 Å². The van der Waals surface area contributed by atoms with Gasteiger partial charge in [0.15, 0.2) is 6.61 Å². The van der Waals surface area contributed by atoms with Gasteiger partial charge in [-0.05, 0) is 18.6 Å². The largest absolute Gasteiger partial charge is 0.471 e. The number of pyridine rings is 1. The van der Waals surface area contributed by atoms with Gasteiger partial charge in [-0.15, -0.1) is 0 Å². The quantitative estimate of drug-likeness (QED) is 0.825. The summed E-state index contributed by atoms with van der Waals surface area (Å²) in [4.78, 5) is 30.3. The minimum absolute atomic E-state index is 0.000720. The van der Waals surface area contributed by atoms with Crippen molar-refractivity contribution in [3.05, 3.63) is 36.3 Å². The lowest BCUT2D eigenvalue weighted by molar-refractivity contribution is -0.118. The van der Waals surface area contributed by atoms with Crippen LogP contribution in [0.3, 0.4) is 0 Å². The van der Waals surface area contributed by atoms with Crippen LogP contribution in [0.15, 0.2) is 30.7 Å². The number of carbonyl (C=O) groups is 2. The number of nitrogens with one attached hydrogen (secondary N) is 1. The van der Waals surface area contributed by atoms with Crippen molar-refractivity contribution in [2.45, 2.75) is 18.9 Å². The summed E-state index contributed by atoms with van der Waals surface area (Å²) in [6.07, 6.45) is 2.35. The number of aryl methyl sites for hydroxylation is 1. The summed E-state index contributed by atoms with van der Waals surface area (Å²) in [6.45, 7) is -0.425. The van der Waals surface area contributed by atoms with Crippen molar-refractivity contribution in [3.63, 3.8) is 0 Å². The van der Waals surface area contributed by atoms with Crippen LogP contribution < -0.4 is 15.0 Å². The molecule has 2 aromatic heterocycles. The zero-order chi connectivity index (χ0) is 18.7. The highest BCUT2D eigenvalue weighted by molar-refractivity contribution is 6.04. The Labute approximate surface area is 147 Å². The average molecular weight is 365 g/mol. The van der Waals surface area contributed by atoms with Crippen LogP contribution in [-0.4, -0.2) is 52.2 Å². The van der Waals surface area contributed by atoms with Gasteiger partial charge in [-0.25, -0.2) is 13.8 Å². The van der Waals surface area contributed by atoms with E-state index in [0.717, 1.165) is 0 Å². The highest BCUT2D eigenvalue weighted by atomic mass is 19.3. The smallest absolute Gasteiger partial charge is 0.272 e. The van der Waals surface area contributed by atoms with Crippen molar-refractivity contribution in [3.8, 4) is 5.88 Å². The predicted octanol–water partition coefficient (Wildman–Crippen LogP) is 0.994. The van der Waals surface area contributed by atoms with E-state index < -0.39 is 25.0 Å². The van der Waals surface area contributed by atoms with Gasteiger partial charge in [0, 0.05) is 26.0 Å². The summed E-state index contributed by atoms with van der Waals surface area (Å²) in [7, 11) is 1.74. The molecule has 0 bridgehead atoms. The number of hydrogen-bond acceptors (Lipinski definition) is 5. The molecule has 0 aromatic carbocycles. The average Bonchev–Trinajstić information content (AvgIpc) is 3.19. The van der Waals surface area contributed by atoms with E-state index in [4.69, 9.17) is 4.74 Å². The maximum atomic E-state index is 12.5. The fourth-order valence-corrected chi connectivity index (χ4v) is 2.67. The van der Waals surface area contributed by atoms with Gasteiger partial charge < -0.3 is 15.0 Å². The molecule has 1 aliphatic heterocycles. The zero-order valence-electron chi connectivity index (χ0n) is 13.9. The second kappa shape index (κ2) is 7.46. The molecule has 2 amide bonds. The fourth-order valence-electron chi connectivity index (χ4n) is 2.67. The number of rotatable bonds is 6. The lowest BCUT2D eigenvalue weighted by atomic mass is 10.2. The maximum absolute atomic E-state index is 12.5. The van der Waals surface area contributed by atoms with Gasteiger partial charge in [-0.2, -0.15) is 5.10 Å². The van der Waals surface area contributed by atoms with E-state index in [0.29, 0.717) is 18.7 Å². The van der Waals surface area contributed by atoms with Crippen molar-refractivity contribution in [2.24, 2.45) is 7.05 Å². The number of carbonyl (C=O) groups excluding carboxylic acids is 2. The van der Waals surface area contributed by atoms with E-state index in [9.17, 15) is 18.4 Å². The first-order chi connectivity index (χ1) is 12.5. The van der Waals surface area contributed by atoms with Crippen LogP contribution in [0.5, 0.6) is 5.88 Å². The predicted molar refractivity (Wildman–Crippen MR) is 87.2 cm³/mol. The van der Waals surface area contributed by atoms with Gasteiger partial charge in [-0.1, -0.05) is 0 Å². The Balaban J connectivity index is 1.68. The van der Waals surface area contributed by atoms with Crippen LogP contribution in [-0.2, 0) is 11.8 Å². The van der Waals surface area contributed by atoms with E-state index in [1.165, 1.54) is 23.2 Å². The van der Waals surface area contributed by atoms with Crippen LogP contribution >= 0.6 is 0 Å². The van der Waals surface area contributed by atoms with Gasteiger partial charge >= 0.3 is 0 Å². The number of aromatic nitrogens is 3. The Morgan fingerprint density at radius 3 is 3.00 bits per heavy atom. The van der Waals surface area contributed by atoms with Gasteiger partial charge in [-0.3, -0.25) is 14.3 Å². The SMILES string of the molecule is Cn1cc(N2CCC(NC(=O)c3cccnc3OCC(F)F)C2=O)cn1. The van der Waals surface area contributed by atoms with Crippen LogP contribution in [0.25, 0.3) is 0 Å². The number of ether oxygens (including phenoxy) is 1. The molecule has 10 heteroatoms. The third-order valence-electron chi connectivity index (χ3n) is 3.88. The summed E-state index contributed by atoms with van der Waals surface area (Å²) in [6, 6.07) is 2.18. The molecule has 1 fully saturated rings. The van der Waals surface area contributed by atoms with Crippen LogP contribution in [0, 0.1) is 0 Å². The first kappa shape index (κ1) is 17.8. The van der Waals surface area contributed by atoms with Crippen molar-refractivity contribution < 1.29 is 23.1 Å². The Morgan fingerprint density at radius 2 is 2.31 bits per heavy atom. The van der Waals surface area contributed by atoms with E-state index in [2.05, 4.69) is 15.4 Å². The summed E-state index contributed by atoms with van der Waals surface area (Å²) >= 11 is 0. The molecule has 0 aliphatic carbocycles. The molecule has 0 radical (unpaired) electrons. The van der Waals surface area contributed by atoms with Gasteiger partial charge in [0.25, 0.3) is 12.3 Å². The summed E-state index contributed by atoms with van der Waals surface area (Å²) in [5, 5.41) is 6.64. The highest BCUT2D eigenvalue weighted by Crippen LogP contribution is 2.22. The second-order valence-corrected chi connectivity index (χ2v) is 5.74. The number of amides is 2. The van der Waals surface area contributed by atoms with Crippen molar-refractivity contribution >= 4 is 17.5 Å². The lowest BCUT2D eigenvalue weighted by Gasteiger charge is -2.16. The number of anilines is 1. The molecule has 1 aliphatic rings. The molecule has 138 valence electrons. The van der Waals surface area contributed by atoms with Crippen molar-refractivity contribution in [2.75, 3.05) is 18.1 Å². The second-order valence-electron chi connectivity index (χ2n) is 5.74. The molecule has 1 saturated heterocycles. The number of nitrogens with zero attached hydrogens (tertiary/aromatic N) is 4.